The van der Waals surface area contributed by atoms with Gasteiger partial charge in [-0.25, -0.2) is 8.78 Å². The van der Waals surface area contributed by atoms with Crippen molar-refractivity contribution in [3.63, 3.8) is 0 Å². The Labute approximate surface area is 224 Å². The number of hydrogen-bond acceptors (Lipinski definition) is 4. The van der Waals surface area contributed by atoms with Gasteiger partial charge in [-0.3, -0.25) is 14.6 Å². The van der Waals surface area contributed by atoms with Gasteiger partial charge in [-0.1, -0.05) is 56.2 Å². The van der Waals surface area contributed by atoms with Gasteiger partial charge in [0.2, 0.25) is 0 Å². The van der Waals surface area contributed by atoms with Crippen molar-refractivity contribution in [2.45, 2.75) is 51.7 Å². The van der Waals surface area contributed by atoms with Gasteiger partial charge in [-0.15, -0.1) is 0 Å². The molecule has 5 atom stereocenters. The number of piperazine rings is 1. The highest BCUT2D eigenvalue weighted by molar-refractivity contribution is 5.76. The molecule has 0 bridgehead atoms. The maximum absolute atomic E-state index is 13.7. The summed E-state index contributed by atoms with van der Waals surface area (Å²) in [5, 5.41) is 0. The number of fused-ring (bicyclic) bond motifs is 2. The zero-order chi connectivity index (χ0) is 26.4. The Morgan fingerprint density at radius 3 is 2.18 bits per heavy atom. The van der Waals surface area contributed by atoms with E-state index in [2.05, 4.69) is 29.7 Å². The Kier molecular flexibility index (Phi) is 6.89. The minimum atomic E-state index is -0.265. The summed E-state index contributed by atoms with van der Waals surface area (Å²) in [5.41, 5.74) is 3.72. The van der Waals surface area contributed by atoms with Gasteiger partial charge in [-0.05, 0) is 66.0 Å². The van der Waals surface area contributed by atoms with E-state index in [0.29, 0.717) is 5.92 Å². The first-order valence-electron chi connectivity index (χ1n) is 14.2. The van der Waals surface area contributed by atoms with Crippen LogP contribution < -0.4 is 0 Å². The van der Waals surface area contributed by atoms with E-state index in [9.17, 15) is 13.6 Å². The van der Waals surface area contributed by atoms with Crippen molar-refractivity contribution in [2.24, 2.45) is 23.2 Å². The predicted molar refractivity (Wildman–Crippen MR) is 143 cm³/mol. The van der Waals surface area contributed by atoms with E-state index in [1.54, 1.807) is 5.57 Å². The molecule has 2 aliphatic heterocycles. The van der Waals surface area contributed by atoms with Gasteiger partial charge in [0.25, 0.3) is 0 Å². The van der Waals surface area contributed by atoms with E-state index in [1.807, 2.05) is 24.3 Å². The number of carbonyl (C=O) groups excluding carboxylic acids is 1. The molecule has 6 heteroatoms. The van der Waals surface area contributed by atoms with Crippen molar-refractivity contribution in [3.8, 4) is 0 Å². The molecule has 2 aliphatic carbocycles. The van der Waals surface area contributed by atoms with Gasteiger partial charge in [0.05, 0.1) is 12.0 Å². The van der Waals surface area contributed by atoms with Gasteiger partial charge < -0.3 is 4.74 Å². The average Bonchev–Trinajstić information content (AvgIpc) is 3.19. The summed E-state index contributed by atoms with van der Waals surface area (Å²) in [5.74, 6) is 0.0878. The summed E-state index contributed by atoms with van der Waals surface area (Å²) >= 11 is 0. The number of allylic oxidation sites excluding steroid dienone is 1. The summed E-state index contributed by atoms with van der Waals surface area (Å²) < 4.78 is 33.3. The highest BCUT2D eigenvalue weighted by atomic mass is 19.1. The van der Waals surface area contributed by atoms with Crippen LogP contribution in [0.15, 0.2) is 60.2 Å². The number of hydrogen-bond donors (Lipinski definition) is 0. The minimum Gasteiger partial charge on any atom is -0.461 e. The van der Waals surface area contributed by atoms with Gasteiger partial charge in [0.15, 0.2) is 0 Å². The van der Waals surface area contributed by atoms with Crippen LogP contribution in [0.1, 0.15) is 56.7 Å². The van der Waals surface area contributed by atoms with Crippen molar-refractivity contribution in [1.82, 2.24) is 9.80 Å². The maximum Gasteiger partial charge on any atom is 0.311 e. The van der Waals surface area contributed by atoms with E-state index in [0.717, 1.165) is 50.3 Å². The summed E-state index contributed by atoms with van der Waals surface area (Å²) in [6.07, 6.45) is 7.09. The summed E-state index contributed by atoms with van der Waals surface area (Å²) in [4.78, 5) is 17.8. The number of rotatable bonds is 5. The quantitative estimate of drug-likeness (QED) is 0.358. The van der Waals surface area contributed by atoms with Crippen LogP contribution in [0.5, 0.6) is 0 Å². The van der Waals surface area contributed by atoms with Crippen molar-refractivity contribution in [3.05, 3.63) is 82.9 Å². The monoisotopic (exact) mass is 520 g/mol. The van der Waals surface area contributed by atoms with Crippen LogP contribution in [-0.4, -0.2) is 54.6 Å². The number of carbonyl (C=O) groups is 1. The topological polar surface area (TPSA) is 32.8 Å². The van der Waals surface area contributed by atoms with Crippen LogP contribution in [0.3, 0.4) is 0 Å². The third kappa shape index (κ3) is 4.82. The molecule has 2 aromatic rings. The van der Waals surface area contributed by atoms with Crippen LogP contribution >= 0.6 is 0 Å². The molecule has 202 valence electrons. The molecule has 0 aromatic heterocycles. The van der Waals surface area contributed by atoms with E-state index >= 15 is 0 Å². The molecule has 0 spiro atoms. The second-order valence-corrected chi connectivity index (χ2v) is 12.2. The Morgan fingerprint density at radius 1 is 0.974 bits per heavy atom. The highest BCUT2D eigenvalue weighted by Crippen LogP contribution is 2.54. The van der Waals surface area contributed by atoms with Gasteiger partial charge in [0.1, 0.15) is 17.7 Å². The summed E-state index contributed by atoms with van der Waals surface area (Å²) in [6.45, 7) is 8.73. The lowest BCUT2D eigenvalue weighted by Gasteiger charge is -2.46. The van der Waals surface area contributed by atoms with Gasteiger partial charge >= 0.3 is 5.97 Å². The standard InChI is InChI=1S/C32H38F2N2O2/c1-21-4-3-13-32(2)19-29-26(18-28(21)32)27(31(37)38-29)20-35-14-16-36(17-15-35)30(22-5-9-24(33)10-6-22)23-7-11-25(34)12-8-23/h5-12,18,21,26-27,29-30H,3-4,13-17,19-20H2,1-2H3/t21-,26+,27-,29-,32+/m1/s1. The number of ether oxygens (including phenoxy) is 1. The Balaban J connectivity index is 1.16. The van der Waals surface area contributed by atoms with Crippen LogP contribution in [0, 0.1) is 34.8 Å². The van der Waals surface area contributed by atoms with Crippen LogP contribution in [0.4, 0.5) is 8.78 Å². The zero-order valence-corrected chi connectivity index (χ0v) is 22.4. The van der Waals surface area contributed by atoms with E-state index in [-0.39, 0.29) is 47.0 Å². The fourth-order valence-corrected chi connectivity index (χ4v) is 7.65. The number of nitrogens with zero attached hydrogens (tertiary/aromatic N) is 2. The SMILES string of the molecule is C[C@@H]1CCC[C@@]2(C)C[C@H]3OC(=O)[C@H](CN4CCN(C(c5ccc(F)cc5)c5ccc(F)cc5)CC4)[C@@H]3C=C12. The second kappa shape index (κ2) is 10.2. The molecule has 1 saturated carbocycles. The fraction of sp³-hybridized carbons (Fsp3) is 0.531. The first-order valence-corrected chi connectivity index (χ1v) is 14.2. The van der Waals surface area contributed by atoms with Crippen molar-refractivity contribution in [1.29, 1.82) is 0 Å². The fourth-order valence-electron chi connectivity index (χ4n) is 7.65. The largest absolute Gasteiger partial charge is 0.461 e. The van der Waals surface area contributed by atoms with Crippen LogP contribution in [-0.2, 0) is 9.53 Å². The first-order chi connectivity index (χ1) is 18.3. The van der Waals surface area contributed by atoms with Crippen molar-refractivity contribution >= 4 is 5.97 Å². The smallest absolute Gasteiger partial charge is 0.311 e. The lowest BCUT2D eigenvalue weighted by Crippen LogP contribution is -2.50. The van der Waals surface area contributed by atoms with Gasteiger partial charge in [0, 0.05) is 38.6 Å². The van der Waals surface area contributed by atoms with Crippen LogP contribution in [0.25, 0.3) is 0 Å². The molecule has 38 heavy (non-hydrogen) atoms. The molecule has 0 radical (unpaired) electrons. The van der Waals surface area contributed by atoms with E-state index in [4.69, 9.17) is 4.74 Å². The molecule has 2 aromatic carbocycles. The molecule has 3 fully saturated rings. The summed E-state index contributed by atoms with van der Waals surface area (Å²) in [6, 6.07) is 13.2. The van der Waals surface area contributed by atoms with Gasteiger partial charge in [-0.2, -0.15) is 0 Å². The third-order valence-corrected chi connectivity index (χ3v) is 9.68. The van der Waals surface area contributed by atoms with Crippen LogP contribution in [0.2, 0.25) is 0 Å². The molecule has 0 amide bonds. The van der Waals surface area contributed by atoms with E-state index in [1.165, 1.54) is 43.5 Å². The molecule has 6 rings (SSSR count). The Bertz CT molecular complexity index is 1140. The normalized spacial score (nSPS) is 32.0. The Hall–Kier alpha value is -2.57. The molecular formula is C32H38F2N2O2. The second-order valence-electron chi connectivity index (χ2n) is 12.2. The van der Waals surface area contributed by atoms with Crippen molar-refractivity contribution in [2.75, 3.05) is 32.7 Å². The number of esters is 1. The Morgan fingerprint density at radius 2 is 1.58 bits per heavy atom. The highest BCUT2D eigenvalue weighted by Gasteiger charge is 2.52. The lowest BCUT2D eigenvalue weighted by atomic mass is 9.59. The zero-order valence-electron chi connectivity index (χ0n) is 22.4. The molecule has 2 heterocycles. The number of halogens is 2. The maximum atomic E-state index is 13.7. The van der Waals surface area contributed by atoms with E-state index < -0.39 is 0 Å². The average molecular weight is 521 g/mol. The molecule has 0 N–H and O–H groups in total. The third-order valence-electron chi connectivity index (χ3n) is 9.68. The minimum absolute atomic E-state index is 0.00849. The molecule has 4 nitrogen and oxygen atoms in total. The first kappa shape index (κ1) is 25.7. The molecular weight excluding hydrogens is 482 g/mol. The molecule has 0 unspecified atom stereocenters. The lowest BCUT2D eigenvalue weighted by molar-refractivity contribution is -0.145. The summed E-state index contributed by atoms with van der Waals surface area (Å²) in [7, 11) is 0. The predicted octanol–water partition coefficient (Wildman–Crippen LogP) is 5.99. The molecule has 4 aliphatic rings. The molecule has 2 saturated heterocycles. The number of benzene rings is 2. The van der Waals surface area contributed by atoms with Crippen molar-refractivity contribution < 1.29 is 18.3 Å².